The molecule has 0 saturated carbocycles. The average molecular weight is 582 g/mol. The van der Waals surface area contributed by atoms with Gasteiger partial charge in [-0.2, -0.15) is 13.2 Å². The van der Waals surface area contributed by atoms with Crippen LogP contribution in [0.5, 0.6) is 5.75 Å². The molecule has 0 fully saturated rings. The first-order chi connectivity index (χ1) is 19.7. The number of hydrogen-bond acceptors (Lipinski definition) is 6. The molecule has 41 heavy (non-hydrogen) atoms. The Bertz CT molecular complexity index is 1570. The van der Waals surface area contributed by atoms with Gasteiger partial charge in [0, 0.05) is 17.8 Å². The Balaban J connectivity index is 1.40. The molecule has 212 valence electrons. The van der Waals surface area contributed by atoms with Gasteiger partial charge >= 0.3 is 6.18 Å². The molecule has 0 atom stereocenters. The number of benzene rings is 3. The third kappa shape index (κ3) is 6.37. The molecule has 5 rings (SSSR count). The molecule has 8 nitrogen and oxygen atoms in total. The number of methoxy groups -OCH3 is 1. The molecular weight excluding hydrogens is 555 g/mol. The largest absolute Gasteiger partial charge is 0.497 e. The maximum atomic E-state index is 13.5. The standard InChI is InChI=1S/C29H26F3N5O3S/c1-40-23-12-4-8-20(15-23)27(39)33-17-25-34-35-28(37(25)22-11-5-10-21(16-22)29(30,31)32)41-18-26(38)36-14-6-9-19-7-2-3-13-24(19)36/h2-5,7-8,10-13,15-16H,6,9,14,17-18H2,1H3,(H,33,39). The van der Waals surface area contributed by atoms with E-state index in [1.165, 1.54) is 23.8 Å². The predicted octanol–water partition coefficient (Wildman–Crippen LogP) is 5.30. The minimum Gasteiger partial charge on any atom is -0.497 e. The van der Waals surface area contributed by atoms with Crippen LogP contribution in [0, 0.1) is 0 Å². The summed E-state index contributed by atoms with van der Waals surface area (Å²) in [6.45, 7) is 0.464. The van der Waals surface area contributed by atoms with E-state index in [1.54, 1.807) is 29.2 Å². The molecule has 2 amide bonds. The van der Waals surface area contributed by atoms with Crippen LogP contribution in [0.15, 0.2) is 78.0 Å². The molecule has 3 aromatic carbocycles. The third-order valence-electron chi connectivity index (χ3n) is 6.61. The summed E-state index contributed by atoms with van der Waals surface area (Å²) in [7, 11) is 1.49. The smallest absolute Gasteiger partial charge is 0.416 e. The van der Waals surface area contributed by atoms with Crippen LogP contribution >= 0.6 is 11.8 Å². The van der Waals surface area contributed by atoms with Crippen molar-refractivity contribution in [2.45, 2.75) is 30.7 Å². The molecule has 0 saturated heterocycles. The van der Waals surface area contributed by atoms with E-state index < -0.39 is 17.6 Å². The summed E-state index contributed by atoms with van der Waals surface area (Å²) in [5.41, 5.74) is 1.63. The van der Waals surface area contributed by atoms with Crippen molar-refractivity contribution in [2.24, 2.45) is 0 Å². The SMILES string of the molecule is COc1cccc(C(=O)NCc2nnc(SCC(=O)N3CCCc4ccccc43)n2-c2cccc(C(F)(F)F)c2)c1. The Morgan fingerprint density at radius 2 is 1.83 bits per heavy atom. The topological polar surface area (TPSA) is 89.3 Å². The number of thioether (sulfide) groups is 1. The molecule has 0 bridgehead atoms. The highest BCUT2D eigenvalue weighted by molar-refractivity contribution is 7.99. The van der Waals surface area contributed by atoms with E-state index >= 15 is 0 Å². The van der Waals surface area contributed by atoms with E-state index in [0.717, 1.165) is 48.0 Å². The molecule has 0 aliphatic carbocycles. The number of anilines is 1. The van der Waals surface area contributed by atoms with Crippen molar-refractivity contribution in [3.63, 3.8) is 0 Å². The summed E-state index contributed by atoms with van der Waals surface area (Å²) < 4.78 is 47.2. The van der Waals surface area contributed by atoms with Crippen LogP contribution in [0.3, 0.4) is 0 Å². The van der Waals surface area contributed by atoms with Crippen LogP contribution in [0.4, 0.5) is 18.9 Å². The van der Waals surface area contributed by atoms with Gasteiger partial charge in [-0.15, -0.1) is 10.2 Å². The number of amides is 2. The summed E-state index contributed by atoms with van der Waals surface area (Å²) in [5.74, 6) is 0.147. The van der Waals surface area contributed by atoms with Gasteiger partial charge in [-0.3, -0.25) is 14.2 Å². The number of hydrogen-bond donors (Lipinski definition) is 1. The highest BCUT2D eigenvalue weighted by Gasteiger charge is 2.31. The summed E-state index contributed by atoms with van der Waals surface area (Å²) in [5, 5.41) is 11.3. The monoisotopic (exact) mass is 581 g/mol. The first kappa shape index (κ1) is 28.2. The van der Waals surface area contributed by atoms with Gasteiger partial charge < -0.3 is 15.0 Å². The second-order valence-electron chi connectivity index (χ2n) is 9.26. The predicted molar refractivity (Wildman–Crippen MR) is 148 cm³/mol. The number of carbonyl (C=O) groups excluding carboxylic acids is 2. The Labute approximate surface area is 238 Å². The molecule has 12 heteroatoms. The first-order valence-corrected chi connectivity index (χ1v) is 13.8. The van der Waals surface area contributed by atoms with Gasteiger partial charge in [0.05, 0.1) is 30.7 Å². The normalized spacial score (nSPS) is 13.0. The lowest BCUT2D eigenvalue weighted by Gasteiger charge is -2.29. The fraction of sp³-hybridized carbons (Fsp3) is 0.241. The van der Waals surface area contributed by atoms with Crippen LogP contribution in [-0.2, 0) is 23.9 Å². The van der Waals surface area contributed by atoms with Gasteiger partial charge in [0.25, 0.3) is 5.91 Å². The van der Waals surface area contributed by atoms with Crippen LogP contribution in [0.25, 0.3) is 5.69 Å². The van der Waals surface area contributed by atoms with E-state index in [-0.39, 0.29) is 34.9 Å². The molecule has 1 aromatic heterocycles. The quantitative estimate of drug-likeness (QED) is 0.284. The summed E-state index contributed by atoms with van der Waals surface area (Å²) in [6.07, 6.45) is -2.83. The number of carbonyl (C=O) groups is 2. The van der Waals surface area contributed by atoms with Gasteiger partial charge in [-0.25, -0.2) is 0 Å². The van der Waals surface area contributed by atoms with Gasteiger partial charge in [0.15, 0.2) is 11.0 Å². The number of fused-ring (bicyclic) bond motifs is 1. The minimum absolute atomic E-state index is 0.00159. The van der Waals surface area contributed by atoms with Crippen molar-refractivity contribution in [3.05, 3.63) is 95.3 Å². The van der Waals surface area contributed by atoms with Crippen LogP contribution in [-0.4, -0.2) is 46.0 Å². The van der Waals surface area contributed by atoms with Crippen molar-refractivity contribution in [3.8, 4) is 11.4 Å². The third-order valence-corrected chi connectivity index (χ3v) is 7.52. The Hall–Kier alpha value is -4.32. The maximum absolute atomic E-state index is 13.5. The lowest BCUT2D eigenvalue weighted by Crippen LogP contribution is -2.36. The molecular formula is C29H26F3N5O3S. The summed E-state index contributed by atoms with van der Waals surface area (Å²) >= 11 is 1.08. The first-order valence-electron chi connectivity index (χ1n) is 12.8. The average Bonchev–Trinajstić information content (AvgIpc) is 3.40. The zero-order chi connectivity index (χ0) is 29.0. The number of ether oxygens (including phenoxy) is 1. The Morgan fingerprint density at radius 3 is 2.63 bits per heavy atom. The second kappa shape index (κ2) is 12.0. The lowest BCUT2D eigenvalue weighted by molar-refractivity contribution is -0.137. The lowest BCUT2D eigenvalue weighted by atomic mass is 10.0. The van der Waals surface area contributed by atoms with E-state index in [1.807, 2.05) is 24.3 Å². The van der Waals surface area contributed by atoms with Gasteiger partial charge in [0.1, 0.15) is 5.75 Å². The van der Waals surface area contributed by atoms with Gasteiger partial charge in [-0.1, -0.05) is 42.1 Å². The molecule has 1 aliphatic heterocycles. The van der Waals surface area contributed by atoms with Gasteiger partial charge in [0.2, 0.25) is 5.91 Å². The van der Waals surface area contributed by atoms with E-state index in [4.69, 9.17) is 4.74 Å². The highest BCUT2D eigenvalue weighted by Crippen LogP contribution is 2.32. The number of rotatable bonds is 8. The van der Waals surface area contributed by atoms with Crippen molar-refractivity contribution in [1.29, 1.82) is 0 Å². The van der Waals surface area contributed by atoms with E-state index in [0.29, 0.717) is 17.9 Å². The van der Waals surface area contributed by atoms with Crippen LogP contribution in [0.1, 0.15) is 33.7 Å². The highest BCUT2D eigenvalue weighted by atomic mass is 32.2. The number of alkyl halides is 3. The summed E-state index contributed by atoms with van der Waals surface area (Å²) in [6, 6.07) is 19.0. The number of para-hydroxylation sites is 1. The zero-order valence-corrected chi connectivity index (χ0v) is 22.8. The molecule has 0 unspecified atom stereocenters. The van der Waals surface area contributed by atoms with Gasteiger partial charge in [-0.05, 0) is 60.9 Å². The molecule has 1 aliphatic rings. The van der Waals surface area contributed by atoms with Crippen molar-refractivity contribution < 1.29 is 27.5 Å². The molecule has 4 aromatic rings. The van der Waals surface area contributed by atoms with Crippen molar-refractivity contribution >= 4 is 29.3 Å². The number of aryl methyl sites for hydroxylation is 1. The molecule has 0 radical (unpaired) electrons. The van der Waals surface area contributed by atoms with Crippen LogP contribution < -0.4 is 15.0 Å². The maximum Gasteiger partial charge on any atom is 0.416 e. The molecule has 0 spiro atoms. The number of aromatic nitrogens is 3. The van der Waals surface area contributed by atoms with E-state index in [9.17, 15) is 22.8 Å². The Kier molecular flexibility index (Phi) is 8.29. The minimum atomic E-state index is -4.56. The van der Waals surface area contributed by atoms with Crippen molar-refractivity contribution in [1.82, 2.24) is 20.1 Å². The van der Waals surface area contributed by atoms with Crippen LogP contribution in [0.2, 0.25) is 0 Å². The Morgan fingerprint density at radius 1 is 1.02 bits per heavy atom. The second-order valence-corrected chi connectivity index (χ2v) is 10.2. The fourth-order valence-corrected chi connectivity index (χ4v) is 5.46. The van der Waals surface area contributed by atoms with E-state index in [2.05, 4.69) is 15.5 Å². The fourth-order valence-electron chi connectivity index (χ4n) is 4.61. The number of halogens is 3. The summed E-state index contributed by atoms with van der Waals surface area (Å²) in [4.78, 5) is 27.7. The zero-order valence-electron chi connectivity index (χ0n) is 22.0. The number of nitrogens with one attached hydrogen (secondary N) is 1. The number of nitrogens with zero attached hydrogens (tertiary/aromatic N) is 4. The van der Waals surface area contributed by atoms with Crippen molar-refractivity contribution in [2.75, 3.05) is 24.3 Å². The molecule has 1 N–H and O–H groups in total. The molecule has 2 heterocycles.